The lowest BCUT2D eigenvalue weighted by molar-refractivity contribution is -0.137. The number of carbonyl (C=O) groups excluding carboxylic acids is 5. The minimum atomic E-state index is -0.976. The molecule has 5 amide bonds. The predicted octanol–water partition coefficient (Wildman–Crippen LogP) is -2.33. The van der Waals surface area contributed by atoms with Crippen molar-refractivity contribution in [2.75, 3.05) is 52.6 Å². The molecule has 0 aromatic heterocycles. The summed E-state index contributed by atoms with van der Waals surface area (Å²) in [6.07, 6.45) is 4.12. The first-order valence-electron chi connectivity index (χ1n) is 10.3. The van der Waals surface area contributed by atoms with Crippen molar-refractivity contribution in [3.8, 4) is 0 Å². The fourth-order valence-corrected chi connectivity index (χ4v) is 2.85. The van der Waals surface area contributed by atoms with Crippen LogP contribution in [0.15, 0.2) is 24.3 Å². The molecule has 2 rings (SSSR count). The van der Waals surface area contributed by atoms with Crippen molar-refractivity contribution in [1.29, 1.82) is 0 Å². The number of aliphatic hydroxyl groups excluding tert-OH is 1. The van der Waals surface area contributed by atoms with Gasteiger partial charge in [-0.15, -0.1) is 0 Å². The minimum absolute atomic E-state index is 0.0276. The van der Waals surface area contributed by atoms with Gasteiger partial charge in [0.2, 0.25) is 17.7 Å². The largest absolute Gasteiger partial charge is 0.377 e. The van der Waals surface area contributed by atoms with Gasteiger partial charge in [-0.3, -0.25) is 28.9 Å². The minimum Gasteiger partial charge on any atom is -0.377 e. The smallest absolute Gasteiger partial charge is 0.253 e. The van der Waals surface area contributed by atoms with Crippen LogP contribution in [0.4, 0.5) is 0 Å². The fourth-order valence-electron chi connectivity index (χ4n) is 2.85. The molecule has 0 spiro atoms. The van der Waals surface area contributed by atoms with Gasteiger partial charge in [-0.25, -0.2) is 0 Å². The summed E-state index contributed by atoms with van der Waals surface area (Å²) in [5.74, 6) is -1.68. The van der Waals surface area contributed by atoms with Crippen LogP contribution in [0.25, 0.3) is 0 Å². The van der Waals surface area contributed by atoms with E-state index < -0.39 is 18.0 Å². The van der Waals surface area contributed by atoms with E-state index in [1.54, 1.807) is 0 Å². The van der Waals surface area contributed by atoms with Gasteiger partial charge in [0, 0.05) is 57.2 Å². The summed E-state index contributed by atoms with van der Waals surface area (Å²) >= 11 is 0. The number of ether oxygens (including phenoxy) is 2. The van der Waals surface area contributed by atoms with E-state index >= 15 is 0 Å². The van der Waals surface area contributed by atoms with Gasteiger partial charge >= 0.3 is 0 Å². The highest BCUT2D eigenvalue weighted by Crippen LogP contribution is 2.08. The number of nitrogens with one attached hydrogen (secondary N) is 2. The lowest BCUT2D eigenvalue weighted by atomic mass is 10.3. The average Bonchev–Trinajstić information content (AvgIpc) is 3.26. The fraction of sp³-hybridized carbons (Fsp3) is 0.550. The van der Waals surface area contributed by atoms with Gasteiger partial charge in [-0.1, -0.05) is 0 Å². The molecule has 2 heterocycles. The van der Waals surface area contributed by atoms with Gasteiger partial charge in [0.05, 0.1) is 26.4 Å². The molecule has 1 unspecified atom stereocenters. The van der Waals surface area contributed by atoms with Crippen LogP contribution in [0.2, 0.25) is 0 Å². The summed E-state index contributed by atoms with van der Waals surface area (Å²) in [7, 11) is 0. The topological polar surface area (TPSA) is 155 Å². The molecule has 1 atom stereocenters. The van der Waals surface area contributed by atoms with E-state index in [4.69, 9.17) is 9.47 Å². The molecule has 12 heteroatoms. The van der Waals surface area contributed by atoms with E-state index in [9.17, 15) is 29.1 Å². The first kappa shape index (κ1) is 25.2. The van der Waals surface area contributed by atoms with Crippen LogP contribution >= 0.6 is 0 Å². The summed E-state index contributed by atoms with van der Waals surface area (Å²) in [5, 5.41) is 14.8. The van der Waals surface area contributed by atoms with Gasteiger partial charge < -0.3 is 30.1 Å². The third-order valence-electron chi connectivity index (χ3n) is 4.57. The Bertz CT molecular complexity index is 749. The zero-order valence-corrected chi connectivity index (χ0v) is 17.7. The molecule has 2 aliphatic heterocycles. The number of carbonyl (C=O) groups is 5. The molecule has 0 aromatic rings. The second kappa shape index (κ2) is 13.3. The first-order valence-corrected chi connectivity index (χ1v) is 10.3. The molecule has 2 aliphatic rings. The van der Waals surface area contributed by atoms with Crippen LogP contribution in [0.1, 0.15) is 12.8 Å². The van der Waals surface area contributed by atoms with Gasteiger partial charge in [0.25, 0.3) is 11.8 Å². The van der Waals surface area contributed by atoms with E-state index in [0.717, 1.165) is 4.90 Å². The van der Waals surface area contributed by atoms with Gasteiger partial charge in [-0.2, -0.15) is 0 Å². The van der Waals surface area contributed by atoms with E-state index in [2.05, 4.69) is 10.6 Å². The first-order chi connectivity index (χ1) is 15.4. The highest BCUT2D eigenvalue weighted by molar-refractivity contribution is 6.13. The Morgan fingerprint density at radius 3 is 1.84 bits per heavy atom. The zero-order chi connectivity index (χ0) is 23.3. The van der Waals surface area contributed by atoms with Gasteiger partial charge in [0.1, 0.15) is 6.23 Å². The summed E-state index contributed by atoms with van der Waals surface area (Å²) in [5.41, 5.74) is 0. The molecule has 0 aliphatic carbocycles. The van der Waals surface area contributed by atoms with Crippen molar-refractivity contribution >= 4 is 29.5 Å². The second-order valence-corrected chi connectivity index (χ2v) is 6.89. The molecule has 0 bridgehead atoms. The Morgan fingerprint density at radius 1 is 0.812 bits per heavy atom. The molecule has 0 fully saturated rings. The van der Waals surface area contributed by atoms with Crippen LogP contribution in [-0.4, -0.2) is 103 Å². The van der Waals surface area contributed by atoms with Crippen molar-refractivity contribution in [2.24, 2.45) is 0 Å². The highest BCUT2D eigenvalue weighted by Gasteiger charge is 2.24. The molecule has 12 nitrogen and oxygen atoms in total. The summed E-state index contributed by atoms with van der Waals surface area (Å²) in [4.78, 5) is 59.8. The molecule has 3 N–H and O–H groups in total. The maximum Gasteiger partial charge on any atom is 0.253 e. The summed E-state index contributed by atoms with van der Waals surface area (Å²) in [6, 6.07) is 0. The zero-order valence-electron chi connectivity index (χ0n) is 17.7. The quantitative estimate of drug-likeness (QED) is 0.185. The van der Waals surface area contributed by atoms with Crippen LogP contribution in [0, 0.1) is 0 Å². The molecular formula is C20H28N4O8. The Labute approximate surface area is 185 Å². The lowest BCUT2D eigenvalue weighted by Crippen LogP contribution is -2.37. The molecule has 176 valence electrons. The normalized spacial score (nSPS) is 17.5. The standard InChI is InChI=1S/C20H28N4O8/c25-15(5-9-23-17(27)1-2-18(23)28)21-7-11-31-13-14-32-12-8-22-16(26)6-10-24-19(29)3-4-20(24)30/h1-4,17,27H,5-14H2,(H,21,25)(H,22,26). The summed E-state index contributed by atoms with van der Waals surface area (Å²) < 4.78 is 10.6. The number of amides is 5. The van der Waals surface area contributed by atoms with Crippen molar-refractivity contribution in [1.82, 2.24) is 20.4 Å². The predicted molar refractivity (Wildman–Crippen MR) is 110 cm³/mol. The van der Waals surface area contributed by atoms with E-state index in [0.29, 0.717) is 32.9 Å². The molecule has 0 saturated carbocycles. The maximum atomic E-state index is 11.7. The number of aliphatic hydroxyl groups is 1. The van der Waals surface area contributed by atoms with Gasteiger partial charge in [0.15, 0.2) is 0 Å². The third kappa shape index (κ3) is 8.57. The van der Waals surface area contributed by atoms with Crippen molar-refractivity contribution in [3.05, 3.63) is 24.3 Å². The molecule has 0 radical (unpaired) electrons. The Balaban J connectivity index is 1.36. The van der Waals surface area contributed by atoms with Crippen LogP contribution in [-0.2, 0) is 33.4 Å². The van der Waals surface area contributed by atoms with Crippen molar-refractivity contribution < 1.29 is 38.6 Å². The SMILES string of the molecule is O=C(CCN1C(=O)C=CC1=O)NCCOCCOCCNC(=O)CCN1C(=O)C=CC1O. The number of hydrogen-bond acceptors (Lipinski definition) is 8. The number of nitrogens with zero attached hydrogens (tertiary/aromatic N) is 2. The second-order valence-electron chi connectivity index (χ2n) is 6.89. The van der Waals surface area contributed by atoms with Crippen LogP contribution < -0.4 is 10.6 Å². The molecule has 0 saturated heterocycles. The summed E-state index contributed by atoms with van der Waals surface area (Å²) in [6.45, 7) is 1.98. The highest BCUT2D eigenvalue weighted by atomic mass is 16.5. The number of imide groups is 1. The van der Waals surface area contributed by atoms with E-state index in [-0.39, 0.29) is 50.3 Å². The number of hydrogen-bond donors (Lipinski definition) is 3. The van der Waals surface area contributed by atoms with E-state index in [1.807, 2.05) is 0 Å². The Kier molecular flexibility index (Phi) is 10.5. The molecule has 32 heavy (non-hydrogen) atoms. The van der Waals surface area contributed by atoms with Gasteiger partial charge in [-0.05, 0) is 6.08 Å². The Hall–Kier alpha value is -3.09. The van der Waals surface area contributed by atoms with Crippen LogP contribution in [0.5, 0.6) is 0 Å². The Morgan fingerprint density at radius 2 is 1.34 bits per heavy atom. The van der Waals surface area contributed by atoms with Crippen molar-refractivity contribution in [2.45, 2.75) is 19.1 Å². The van der Waals surface area contributed by atoms with Crippen LogP contribution in [0.3, 0.4) is 0 Å². The van der Waals surface area contributed by atoms with Crippen molar-refractivity contribution in [3.63, 3.8) is 0 Å². The maximum absolute atomic E-state index is 11.7. The average molecular weight is 452 g/mol. The molecule has 0 aromatic carbocycles. The lowest BCUT2D eigenvalue weighted by Gasteiger charge is -2.19. The number of rotatable bonds is 15. The third-order valence-corrected chi connectivity index (χ3v) is 4.57. The molecular weight excluding hydrogens is 424 g/mol. The van der Waals surface area contributed by atoms with E-state index in [1.165, 1.54) is 29.2 Å². The monoisotopic (exact) mass is 452 g/mol.